The minimum absolute atomic E-state index is 0.0175. The van der Waals surface area contributed by atoms with Gasteiger partial charge in [-0.15, -0.1) is 0 Å². The van der Waals surface area contributed by atoms with E-state index < -0.39 is 21.8 Å². The number of carboxylic acid groups (broad SMARTS) is 1. The number of fused-ring (bicyclic) bond motifs is 1. The Morgan fingerprint density at radius 3 is 2.39 bits per heavy atom. The van der Waals surface area contributed by atoms with Crippen LogP contribution in [0.4, 0.5) is 10.1 Å². The zero-order valence-electron chi connectivity index (χ0n) is 19.7. The SMILES string of the molecule is COc1ccc(CN(c2cn3nc(-c4ccc(F)cc4)c(C(=O)O)c3cc2C2CC2)S(C)(=O)=O)cc1. The minimum Gasteiger partial charge on any atom is -0.497 e. The van der Waals surface area contributed by atoms with E-state index in [2.05, 4.69) is 5.10 Å². The Labute approximate surface area is 207 Å². The van der Waals surface area contributed by atoms with E-state index in [9.17, 15) is 22.7 Å². The van der Waals surface area contributed by atoms with E-state index in [0.717, 1.165) is 30.2 Å². The Morgan fingerprint density at radius 1 is 1.17 bits per heavy atom. The largest absolute Gasteiger partial charge is 0.497 e. The van der Waals surface area contributed by atoms with E-state index in [4.69, 9.17) is 4.74 Å². The fraction of sp³-hybridized carbons (Fsp3) is 0.231. The Hall–Kier alpha value is -3.92. The summed E-state index contributed by atoms with van der Waals surface area (Å²) < 4.78 is 47.3. The van der Waals surface area contributed by atoms with Crippen LogP contribution in [0, 0.1) is 5.82 Å². The quantitative estimate of drug-likeness (QED) is 0.370. The number of aromatic nitrogens is 2. The molecule has 4 aromatic rings. The van der Waals surface area contributed by atoms with Gasteiger partial charge in [0, 0.05) is 5.56 Å². The zero-order chi connectivity index (χ0) is 25.6. The molecule has 1 saturated carbocycles. The van der Waals surface area contributed by atoms with Gasteiger partial charge in [-0.3, -0.25) is 4.31 Å². The summed E-state index contributed by atoms with van der Waals surface area (Å²) in [5.41, 5.74) is 2.94. The summed E-state index contributed by atoms with van der Waals surface area (Å²) >= 11 is 0. The maximum atomic E-state index is 13.5. The third-order valence-corrected chi connectivity index (χ3v) is 7.41. The van der Waals surface area contributed by atoms with E-state index in [-0.39, 0.29) is 23.7 Å². The van der Waals surface area contributed by atoms with Crippen LogP contribution in [-0.4, -0.2) is 42.5 Å². The van der Waals surface area contributed by atoms with Gasteiger partial charge in [-0.1, -0.05) is 12.1 Å². The molecule has 8 nitrogen and oxygen atoms in total. The molecule has 0 spiro atoms. The lowest BCUT2D eigenvalue weighted by Crippen LogP contribution is -2.30. The van der Waals surface area contributed by atoms with Gasteiger partial charge >= 0.3 is 5.97 Å². The third kappa shape index (κ3) is 4.51. The predicted molar refractivity (Wildman–Crippen MR) is 134 cm³/mol. The highest BCUT2D eigenvalue weighted by atomic mass is 32.2. The summed E-state index contributed by atoms with van der Waals surface area (Å²) in [6.07, 6.45) is 4.48. The summed E-state index contributed by atoms with van der Waals surface area (Å²) in [6, 6.07) is 14.3. The first kappa shape index (κ1) is 23.8. The van der Waals surface area contributed by atoms with Gasteiger partial charge in [0.15, 0.2) is 0 Å². The van der Waals surface area contributed by atoms with Crippen LogP contribution in [0.1, 0.15) is 40.2 Å². The van der Waals surface area contributed by atoms with Crippen molar-refractivity contribution in [3.05, 3.63) is 83.3 Å². The molecule has 186 valence electrons. The molecule has 0 saturated heterocycles. The molecule has 10 heteroatoms. The molecule has 0 radical (unpaired) electrons. The highest BCUT2D eigenvalue weighted by Crippen LogP contribution is 2.46. The monoisotopic (exact) mass is 509 g/mol. The van der Waals surface area contributed by atoms with Crippen molar-refractivity contribution in [1.82, 2.24) is 9.61 Å². The molecule has 2 aromatic heterocycles. The van der Waals surface area contributed by atoms with E-state index in [1.165, 1.54) is 33.1 Å². The summed E-state index contributed by atoms with van der Waals surface area (Å²) in [6.45, 7) is 0.0892. The fourth-order valence-corrected chi connectivity index (χ4v) is 5.22. The average Bonchev–Trinajstić information content (AvgIpc) is 3.62. The second-order valence-corrected chi connectivity index (χ2v) is 10.8. The average molecular weight is 510 g/mol. The van der Waals surface area contributed by atoms with Gasteiger partial charge in [0.05, 0.1) is 37.3 Å². The van der Waals surface area contributed by atoms with Crippen molar-refractivity contribution in [3.8, 4) is 17.0 Å². The van der Waals surface area contributed by atoms with Gasteiger partial charge < -0.3 is 9.84 Å². The Kier molecular flexibility index (Phi) is 5.91. The molecule has 0 bridgehead atoms. The molecular weight excluding hydrogens is 485 g/mol. The Balaban J connectivity index is 1.69. The van der Waals surface area contributed by atoms with Crippen LogP contribution in [-0.2, 0) is 16.6 Å². The van der Waals surface area contributed by atoms with Gasteiger partial charge in [-0.2, -0.15) is 5.10 Å². The molecule has 0 amide bonds. The summed E-state index contributed by atoms with van der Waals surface area (Å²) in [5.74, 6) is -0.830. The number of sulfonamides is 1. The normalized spacial score (nSPS) is 13.6. The minimum atomic E-state index is -3.70. The molecule has 0 atom stereocenters. The number of pyridine rings is 1. The molecule has 5 rings (SSSR count). The van der Waals surface area contributed by atoms with E-state index in [1.54, 1.807) is 43.6 Å². The molecule has 36 heavy (non-hydrogen) atoms. The van der Waals surface area contributed by atoms with Crippen molar-refractivity contribution >= 4 is 27.2 Å². The van der Waals surface area contributed by atoms with Crippen LogP contribution in [0.2, 0.25) is 0 Å². The lowest BCUT2D eigenvalue weighted by Gasteiger charge is -2.25. The van der Waals surface area contributed by atoms with E-state index in [0.29, 0.717) is 22.5 Å². The molecule has 0 aliphatic heterocycles. The topological polar surface area (TPSA) is 101 Å². The van der Waals surface area contributed by atoms with Crippen molar-refractivity contribution in [1.29, 1.82) is 0 Å². The van der Waals surface area contributed by atoms with Crippen molar-refractivity contribution in [2.75, 3.05) is 17.7 Å². The summed E-state index contributed by atoms with van der Waals surface area (Å²) in [5, 5.41) is 14.5. The molecule has 0 unspecified atom stereocenters. The fourth-order valence-electron chi connectivity index (χ4n) is 4.32. The van der Waals surface area contributed by atoms with E-state index in [1.807, 2.05) is 0 Å². The van der Waals surface area contributed by atoms with Gasteiger partial charge in [0.1, 0.15) is 22.8 Å². The number of benzene rings is 2. The standard InChI is InChI=1S/C26H24FN3O5S/c1-35-20-11-3-16(4-12-20)14-30(36(2,33)34)23-15-29-22(13-21(23)17-5-6-17)24(26(31)32)25(28-29)18-7-9-19(27)10-8-18/h3-4,7-13,15,17H,5-6,14H2,1-2H3,(H,31,32). The third-order valence-electron chi connectivity index (χ3n) is 6.28. The van der Waals surface area contributed by atoms with Crippen LogP contribution in [0.15, 0.2) is 60.8 Å². The first-order valence-corrected chi connectivity index (χ1v) is 13.2. The van der Waals surface area contributed by atoms with Gasteiger partial charge in [-0.25, -0.2) is 22.1 Å². The number of carboxylic acids is 1. The van der Waals surface area contributed by atoms with Gasteiger partial charge in [0.2, 0.25) is 10.0 Å². The smallest absolute Gasteiger partial charge is 0.340 e. The molecule has 1 aliphatic carbocycles. The number of nitrogens with zero attached hydrogens (tertiary/aromatic N) is 3. The summed E-state index contributed by atoms with van der Waals surface area (Å²) in [7, 11) is -2.14. The number of methoxy groups -OCH3 is 1. The highest BCUT2D eigenvalue weighted by molar-refractivity contribution is 7.92. The maximum absolute atomic E-state index is 13.5. The number of ether oxygens (including phenoxy) is 1. The molecule has 1 aliphatic rings. The van der Waals surface area contributed by atoms with Crippen LogP contribution >= 0.6 is 0 Å². The number of rotatable bonds is 8. The van der Waals surface area contributed by atoms with Gasteiger partial charge in [0.25, 0.3) is 0 Å². The number of aromatic carboxylic acids is 1. The Bertz CT molecular complexity index is 1560. The van der Waals surface area contributed by atoms with Crippen molar-refractivity contribution in [2.45, 2.75) is 25.3 Å². The van der Waals surface area contributed by atoms with Crippen LogP contribution in [0.25, 0.3) is 16.8 Å². The number of hydrogen-bond acceptors (Lipinski definition) is 5. The molecule has 1 N–H and O–H groups in total. The molecule has 2 heterocycles. The van der Waals surface area contributed by atoms with Crippen LogP contribution < -0.4 is 9.04 Å². The number of anilines is 1. The van der Waals surface area contributed by atoms with Crippen molar-refractivity contribution in [2.24, 2.45) is 0 Å². The van der Waals surface area contributed by atoms with Crippen molar-refractivity contribution < 1.29 is 27.4 Å². The van der Waals surface area contributed by atoms with Crippen LogP contribution in [0.5, 0.6) is 5.75 Å². The highest BCUT2D eigenvalue weighted by Gasteiger charge is 2.33. The van der Waals surface area contributed by atoms with Gasteiger partial charge in [-0.05, 0) is 72.4 Å². The zero-order valence-corrected chi connectivity index (χ0v) is 20.5. The first-order valence-electron chi connectivity index (χ1n) is 11.3. The molecule has 2 aromatic carbocycles. The lowest BCUT2D eigenvalue weighted by molar-refractivity contribution is 0.0699. The number of hydrogen-bond donors (Lipinski definition) is 1. The molecule has 1 fully saturated rings. The maximum Gasteiger partial charge on any atom is 0.340 e. The Morgan fingerprint density at radius 2 is 1.83 bits per heavy atom. The van der Waals surface area contributed by atoms with E-state index >= 15 is 0 Å². The van der Waals surface area contributed by atoms with Crippen LogP contribution in [0.3, 0.4) is 0 Å². The molecular formula is C26H24FN3O5S. The second kappa shape index (κ2) is 8.94. The lowest BCUT2D eigenvalue weighted by atomic mass is 10.0. The second-order valence-electron chi connectivity index (χ2n) is 8.87. The predicted octanol–water partition coefficient (Wildman–Crippen LogP) is 4.69. The summed E-state index contributed by atoms with van der Waals surface area (Å²) in [4.78, 5) is 12.3. The first-order chi connectivity index (χ1) is 17.2. The number of carbonyl (C=O) groups is 1. The van der Waals surface area contributed by atoms with Crippen molar-refractivity contribution in [3.63, 3.8) is 0 Å². The number of halogens is 1.